The van der Waals surface area contributed by atoms with Crippen LogP contribution in [0.1, 0.15) is 33.1 Å². The second-order valence-electron chi connectivity index (χ2n) is 7.25. The maximum atomic E-state index is 12.7. The highest BCUT2D eigenvalue weighted by Gasteiger charge is 2.32. The van der Waals surface area contributed by atoms with Gasteiger partial charge >= 0.3 is 5.97 Å². The summed E-state index contributed by atoms with van der Waals surface area (Å²) < 4.78 is 0. The molecule has 12 N–H and O–H groups in total. The standard InChI is InChI=1S/C18H35N7O7/c1-3-9(2)13(25-14(28)10(19)5-4-6-22-18(20)21)16(30)23-11(7-26)15(29)24-12(8-27)17(31)32/h9-13,26-27H,3-8,19H2,1-2H3,(H,23,30)(H,24,29)(H,25,28)(H,31,32)(H4,20,21,22). The van der Waals surface area contributed by atoms with Crippen molar-refractivity contribution in [2.75, 3.05) is 19.8 Å². The zero-order chi connectivity index (χ0) is 24.8. The van der Waals surface area contributed by atoms with E-state index in [0.29, 0.717) is 12.8 Å². The molecule has 14 nitrogen and oxygen atoms in total. The van der Waals surface area contributed by atoms with Gasteiger partial charge in [-0.2, -0.15) is 0 Å². The first-order valence-corrected chi connectivity index (χ1v) is 10.1. The molecule has 3 amide bonds. The summed E-state index contributed by atoms with van der Waals surface area (Å²) in [7, 11) is 0. The number of aliphatic carboxylic acids is 1. The minimum atomic E-state index is -1.60. The minimum absolute atomic E-state index is 0.0762. The van der Waals surface area contributed by atoms with Gasteiger partial charge in [-0.05, 0) is 18.8 Å². The summed E-state index contributed by atoms with van der Waals surface area (Å²) in [6.07, 6.45) is 1.20. The van der Waals surface area contributed by atoms with E-state index < -0.39 is 61.1 Å². The molecule has 5 atom stereocenters. The molecule has 0 radical (unpaired) electrons. The summed E-state index contributed by atoms with van der Waals surface area (Å²) in [5.41, 5.74) is 16.3. The van der Waals surface area contributed by atoms with Crippen molar-refractivity contribution >= 4 is 29.7 Å². The Bertz CT molecular complexity index is 670. The molecule has 5 unspecified atom stereocenters. The van der Waals surface area contributed by atoms with Gasteiger partial charge in [-0.25, -0.2) is 4.79 Å². The minimum Gasteiger partial charge on any atom is -0.480 e. The Morgan fingerprint density at radius 3 is 1.97 bits per heavy atom. The second-order valence-corrected chi connectivity index (χ2v) is 7.25. The smallest absolute Gasteiger partial charge is 0.328 e. The Labute approximate surface area is 186 Å². The molecule has 0 fully saturated rings. The number of aliphatic hydroxyl groups is 2. The molecule has 0 aromatic carbocycles. The number of carboxylic acids is 1. The van der Waals surface area contributed by atoms with Gasteiger partial charge in [0.1, 0.15) is 18.1 Å². The summed E-state index contributed by atoms with van der Waals surface area (Å²) in [6.45, 7) is 2.08. The largest absolute Gasteiger partial charge is 0.480 e. The van der Waals surface area contributed by atoms with Gasteiger partial charge in [0.05, 0.1) is 19.3 Å². The molecule has 0 aromatic heterocycles. The van der Waals surface area contributed by atoms with Crippen LogP contribution in [-0.4, -0.2) is 88.9 Å². The number of rotatable bonds is 15. The number of hydrogen-bond acceptors (Lipinski definition) is 8. The molecule has 184 valence electrons. The third-order valence-corrected chi connectivity index (χ3v) is 4.71. The van der Waals surface area contributed by atoms with E-state index in [9.17, 15) is 24.3 Å². The Hall–Kier alpha value is -2.97. The Morgan fingerprint density at radius 1 is 0.938 bits per heavy atom. The highest BCUT2D eigenvalue weighted by molar-refractivity contribution is 5.94. The number of carbonyl (C=O) groups excluding carboxylic acids is 3. The van der Waals surface area contributed by atoms with Crippen molar-refractivity contribution in [3.63, 3.8) is 0 Å². The van der Waals surface area contributed by atoms with Crippen molar-refractivity contribution < 1.29 is 34.5 Å². The number of guanidine groups is 1. The fraction of sp³-hybridized carbons (Fsp3) is 0.722. The number of nitrogens with one attached hydrogen (secondary N) is 3. The maximum absolute atomic E-state index is 12.7. The number of carboxylic acid groups (broad SMARTS) is 1. The summed E-state index contributed by atoms with van der Waals surface area (Å²) in [5, 5.41) is 34.2. The van der Waals surface area contributed by atoms with Crippen molar-refractivity contribution in [2.45, 2.75) is 57.3 Å². The molecule has 32 heavy (non-hydrogen) atoms. The molecule has 0 aliphatic heterocycles. The van der Waals surface area contributed by atoms with Crippen LogP contribution in [0.2, 0.25) is 0 Å². The Morgan fingerprint density at radius 2 is 1.50 bits per heavy atom. The molecule has 0 aliphatic rings. The highest BCUT2D eigenvalue weighted by Crippen LogP contribution is 2.09. The van der Waals surface area contributed by atoms with Crippen LogP contribution in [0.3, 0.4) is 0 Å². The first kappa shape index (κ1) is 29.0. The van der Waals surface area contributed by atoms with Crippen molar-refractivity contribution in [2.24, 2.45) is 28.1 Å². The lowest BCUT2D eigenvalue weighted by Crippen LogP contribution is -2.59. The van der Waals surface area contributed by atoms with E-state index >= 15 is 0 Å². The lowest BCUT2D eigenvalue weighted by Gasteiger charge is -2.27. The van der Waals surface area contributed by atoms with E-state index in [1.807, 2.05) is 5.32 Å². The molecule has 0 aliphatic carbocycles. The van der Waals surface area contributed by atoms with Crippen LogP contribution in [0.5, 0.6) is 0 Å². The number of nitrogens with two attached hydrogens (primary N) is 3. The van der Waals surface area contributed by atoms with Gasteiger partial charge < -0.3 is 48.5 Å². The topological polar surface area (TPSA) is 255 Å². The quantitative estimate of drug-likeness (QED) is 0.0647. The van der Waals surface area contributed by atoms with Crippen LogP contribution in [0.25, 0.3) is 0 Å². The molecule has 0 aromatic rings. The zero-order valence-electron chi connectivity index (χ0n) is 18.3. The van der Waals surface area contributed by atoms with Crippen LogP contribution in [0.4, 0.5) is 0 Å². The number of aliphatic hydroxyl groups excluding tert-OH is 2. The molecule has 14 heteroatoms. The normalized spacial score (nSPS) is 15.4. The van der Waals surface area contributed by atoms with Crippen molar-refractivity contribution in [3.05, 3.63) is 0 Å². The van der Waals surface area contributed by atoms with E-state index in [0.717, 1.165) is 0 Å². The van der Waals surface area contributed by atoms with Crippen molar-refractivity contribution in [1.82, 2.24) is 16.0 Å². The van der Waals surface area contributed by atoms with Gasteiger partial charge in [0, 0.05) is 6.54 Å². The molecule has 0 saturated carbocycles. The summed E-state index contributed by atoms with van der Waals surface area (Å²) in [6, 6.07) is -5.09. The first-order valence-electron chi connectivity index (χ1n) is 10.1. The average molecular weight is 462 g/mol. The first-order chi connectivity index (χ1) is 15.0. The van der Waals surface area contributed by atoms with Crippen LogP contribution < -0.4 is 33.2 Å². The van der Waals surface area contributed by atoms with Gasteiger partial charge in [0.25, 0.3) is 0 Å². The second kappa shape index (κ2) is 14.9. The van der Waals surface area contributed by atoms with Gasteiger partial charge in [-0.15, -0.1) is 0 Å². The molecule has 0 saturated heterocycles. The highest BCUT2D eigenvalue weighted by atomic mass is 16.4. The van der Waals surface area contributed by atoms with E-state index in [1.165, 1.54) is 0 Å². The molecule has 0 spiro atoms. The number of hydrogen-bond donors (Lipinski definition) is 9. The van der Waals surface area contributed by atoms with Gasteiger partial charge in [0.15, 0.2) is 5.96 Å². The van der Waals surface area contributed by atoms with Crippen molar-refractivity contribution in [3.8, 4) is 0 Å². The number of amides is 3. The summed E-state index contributed by atoms with van der Waals surface area (Å²) in [5.74, 6) is -4.26. The van der Waals surface area contributed by atoms with Crippen LogP contribution in [0.15, 0.2) is 4.99 Å². The molecule has 0 heterocycles. The van der Waals surface area contributed by atoms with E-state index in [4.69, 9.17) is 27.4 Å². The maximum Gasteiger partial charge on any atom is 0.328 e. The predicted octanol–water partition coefficient (Wildman–Crippen LogP) is -4.06. The van der Waals surface area contributed by atoms with E-state index in [1.54, 1.807) is 13.8 Å². The van der Waals surface area contributed by atoms with Gasteiger partial charge in [0.2, 0.25) is 17.7 Å². The molecular weight excluding hydrogens is 426 g/mol. The Balaban J connectivity index is 5.12. The number of nitrogens with zero attached hydrogens (tertiary/aromatic N) is 1. The van der Waals surface area contributed by atoms with Gasteiger partial charge in [-0.3, -0.25) is 19.4 Å². The van der Waals surface area contributed by atoms with Crippen molar-refractivity contribution in [1.29, 1.82) is 0 Å². The Kier molecular flexibility index (Phi) is 13.5. The fourth-order valence-electron chi connectivity index (χ4n) is 2.53. The monoisotopic (exact) mass is 461 g/mol. The molecule has 0 rings (SSSR count). The van der Waals surface area contributed by atoms with Crippen LogP contribution in [-0.2, 0) is 19.2 Å². The molecular formula is C18H35N7O7. The third kappa shape index (κ3) is 10.4. The lowest BCUT2D eigenvalue weighted by atomic mass is 9.97. The third-order valence-electron chi connectivity index (χ3n) is 4.71. The summed E-state index contributed by atoms with van der Waals surface area (Å²) in [4.78, 5) is 52.1. The fourth-order valence-corrected chi connectivity index (χ4v) is 2.53. The van der Waals surface area contributed by atoms with Crippen LogP contribution >= 0.6 is 0 Å². The average Bonchev–Trinajstić information content (AvgIpc) is 2.75. The lowest BCUT2D eigenvalue weighted by molar-refractivity contribution is -0.143. The number of aliphatic imine (C=N–C) groups is 1. The number of carbonyl (C=O) groups is 4. The van der Waals surface area contributed by atoms with E-state index in [-0.39, 0.29) is 24.8 Å². The summed E-state index contributed by atoms with van der Waals surface area (Å²) >= 11 is 0. The van der Waals surface area contributed by atoms with E-state index in [2.05, 4.69) is 15.6 Å². The van der Waals surface area contributed by atoms with Gasteiger partial charge in [-0.1, -0.05) is 20.3 Å². The SMILES string of the molecule is CCC(C)C(NC(=O)C(N)CCCN=C(N)N)C(=O)NC(CO)C(=O)NC(CO)C(=O)O. The zero-order valence-corrected chi connectivity index (χ0v) is 18.3. The molecule has 0 bridgehead atoms. The van der Waals surface area contributed by atoms with Crippen LogP contribution in [0, 0.1) is 5.92 Å². The predicted molar refractivity (Wildman–Crippen MR) is 115 cm³/mol.